The fourth-order valence-electron chi connectivity index (χ4n) is 4.83. The third-order valence-corrected chi connectivity index (χ3v) is 6.84. The number of nitrogens with zero attached hydrogens (tertiary/aromatic N) is 3. The Morgan fingerprint density at radius 2 is 1.69 bits per heavy atom. The Morgan fingerprint density at radius 3 is 2.28 bits per heavy atom. The van der Waals surface area contributed by atoms with E-state index in [4.69, 9.17) is 10.2 Å². The van der Waals surface area contributed by atoms with Crippen LogP contribution in [0.25, 0.3) is 0 Å². The SMILES string of the molecule is CCN(CC)C(=O)c1ccc(N(c2cc(C(N)=O)ccc2F)C2CCN(Cc3ccoc3)CC2)cc1. The van der Waals surface area contributed by atoms with Crippen LogP contribution in [0.4, 0.5) is 15.8 Å². The number of likely N-dealkylation sites (tertiary alicyclic amines) is 1. The molecule has 1 aliphatic heterocycles. The number of benzene rings is 2. The fraction of sp³-hybridized carbons (Fsp3) is 0.357. The van der Waals surface area contributed by atoms with Crippen molar-refractivity contribution in [3.05, 3.63) is 83.6 Å². The van der Waals surface area contributed by atoms with Gasteiger partial charge in [-0.15, -0.1) is 0 Å². The maximum absolute atomic E-state index is 15.2. The van der Waals surface area contributed by atoms with E-state index in [2.05, 4.69) is 4.90 Å². The van der Waals surface area contributed by atoms with Crippen molar-refractivity contribution in [3.8, 4) is 0 Å². The molecule has 0 unspecified atom stereocenters. The van der Waals surface area contributed by atoms with Gasteiger partial charge in [0.25, 0.3) is 5.91 Å². The Morgan fingerprint density at radius 1 is 1.03 bits per heavy atom. The van der Waals surface area contributed by atoms with Crippen LogP contribution in [0.2, 0.25) is 0 Å². The molecular formula is C28H33FN4O3. The maximum Gasteiger partial charge on any atom is 0.253 e. The van der Waals surface area contributed by atoms with Crippen molar-refractivity contribution < 1.29 is 18.4 Å². The summed E-state index contributed by atoms with van der Waals surface area (Å²) in [5, 5.41) is 0. The second-order valence-corrected chi connectivity index (χ2v) is 9.06. The van der Waals surface area contributed by atoms with Crippen molar-refractivity contribution in [2.45, 2.75) is 39.3 Å². The smallest absolute Gasteiger partial charge is 0.253 e. The number of hydrogen-bond acceptors (Lipinski definition) is 5. The van der Waals surface area contributed by atoms with E-state index in [1.807, 2.05) is 36.9 Å². The van der Waals surface area contributed by atoms with Crippen LogP contribution in [0.1, 0.15) is 53.0 Å². The molecule has 2 amide bonds. The molecule has 1 aliphatic rings. The van der Waals surface area contributed by atoms with Crippen molar-refractivity contribution in [2.75, 3.05) is 31.1 Å². The molecule has 0 bridgehead atoms. The Bertz CT molecular complexity index is 1170. The van der Waals surface area contributed by atoms with Gasteiger partial charge in [0.1, 0.15) is 5.82 Å². The summed E-state index contributed by atoms with van der Waals surface area (Å²) in [4.78, 5) is 30.7. The lowest BCUT2D eigenvalue weighted by atomic mass is 9.99. The zero-order chi connectivity index (χ0) is 25.7. The minimum Gasteiger partial charge on any atom is -0.472 e. The predicted octanol–water partition coefficient (Wildman–Crippen LogP) is 4.80. The molecule has 1 fully saturated rings. The van der Waals surface area contributed by atoms with Crippen LogP contribution in [0.15, 0.2) is 65.5 Å². The lowest BCUT2D eigenvalue weighted by molar-refractivity contribution is 0.0772. The van der Waals surface area contributed by atoms with Gasteiger partial charge in [0.2, 0.25) is 5.91 Å². The lowest BCUT2D eigenvalue weighted by Gasteiger charge is -2.40. The van der Waals surface area contributed by atoms with Gasteiger partial charge in [-0.05, 0) is 75.2 Å². The summed E-state index contributed by atoms with van der Waals surface area (Å²) < 4.78 is 20.4. The Hall–Kier alpha value is -3.65. The molecule has 190 valence electrons. The first-order valence-corrected chi connectivity index (χ1v) is 12.4. The van der Waals surface area contributed by atoms with E-state index >= 15 is 4.39 Å². The number of carbonyl (C=O) groups excluding carboxylic acids is 2. The van der Waals surface area contributed by atoms with Crippen molar-refractivity contribution >= 4 is 23.2 Å². The van der Waals surface area contributed by atoms with E-state index in [-0.39, 0.29) is 17.5 Å². The highest BCUT2D eigenvalue weighted by Crippen LogP contribution is 2.35. The number of nitrogens with two attached hydrogens (primary N) is 1. The number of amides is 2. The number of anilines is 2. The summed E-state index contributed by atoms with van der Waals surface area (Å²) in [6.07, 6.45) is 5.04. The molecule has 4 rings (SSSR count). The van der Waals surface area contributed by atoms with Crippen LogP contribution in [0, 0.1) is 5.82 Å². The molecule has 1 aromatic heterocycles. The maximum atomic E-state index is 15.2. The minimum absolute atomic E-state index is 0.00700. The normalized spacial score (nSPS) is 14.5. The fourth-order valence-corrected chi connectivity index (χ4v) is 4.83. The van der Waals surface area contributed by atoms with E-state index in [1.165, 1.54) is 18.2 Å². The molecule has 0 radical (unpaired) electrons. The number of piperidine rings is 1. The van der Waals surface area contributed by atoms with Gasteiger partial charge in [-0.3, -0.25) is 14.5 Å². The molecule has 0 aliphatic carbocycles. The van der Waals surface area contributed by atoms with Gasteiger partial charge in [0.05, 0.1) is 18.2 Å². The molecule has 2 N–H and O–H groups in total. The molecule has 3 aromatic rings. The molecule has 2 aromatic carbocycles. The summed E-state index contributed by atoms with van der Waals surface area (Å²) in [7, 11) is 0. The Kier molecular flexibility index (Phi) is 8.05. The van der Waals surface area contributed by atoms with Crippen molar-refractivity contribution in [1.29, 1.82) is 0 Å². The third-order valence-electron chi connectivity index (χ3n) is 6.84. The molecule has 0 atom stereocenters. The molecule has 36 heavy (non-hydrogen) atoms. The monoisotopic (exact) mass is 492 g/mol. The second-order valence-electron chi connectivity index (χ2n) is 9.06. The van der Waals surface area contributed by atoms with E-state index < -0.39 is 11.7 Å². The minimum atomic E-state index is -0.605. The van der Waals surface area contributed by atoms with Gasteiger partial charge >= 0.3 is 0 Å². The number of carbonyl (C=O) groups is 2. The molecule has 0 saturated carbocycles. The van der Waals surface area contributed by atoms with Crippen LogP contribution in [0.5, 0.6) is 0 Å². The first-order valence-electron chi connectivity index (χ1n) is 12.4. The van der Waals surface area contributed by atoms with Crippen molar-refractivity contribution in [3.63, 3.8) is 0 Å². The summed E-state index contributed by atoms with van der Waals surface area (Å²) in [6.45, 7) is 7.63. The summed E-state index contributed by atoms with van der Waals surface area (Å²) in [6, 6.07) is 13.4. The summed E-state index contributed by atoms with van der Waals surface area (Å²) in [5.74, 6) is -1.07. The molecule has 0 spiro atoms. The van der Waals surface area contributed by atoms with Gasteiger partial charge in [-0.25, -0.2) is 4.39 Å². The van der Waals surface area contributed by atoms with Crippen molar-refractivity contribution in [2.24, 2.45) is 5.73 Å². The van der Waals surface area contributed by atoms with Crippen LogP contribution in [-0.4, -0.2) is 53.8 Å². The lowest BCUT2D eigenvalue weighted by Crippen LogP contribution is -2.43. The van der Waals surface area contributed by atoms with Crippen LogP contribution < -0.4 is 10.6 Å². The van der Waals surface area contributed by atoms with Crippen LogP contribution >= 0.6 is 0 Å². The van der Waals surface area contributed by atoms with Gasteiger partial charge in [0.15, 0.2) is 0 Å². The quantitative estimate of drug-likeness (QED) is 0.464. The average molecular weight is 493 g/mol. The van der Waals surface area contributed by atoms with Gasteiger partial charge in [-0.2, -0.15) is 0 Å². The largest absolute Gasteiger partial charge is 0.472 e. The van der Waals surface area contributed by atoms with E-state index in [0.717, 1.165) is 43.7 Å². The number of halogens is 1. The first-order chi connectivity index (χ1) is 17.4. The van der Waals surface area contributed by atoms with E-state index in [9.17, 15) is 9.59 Å². The second kappa shape index (κ2) is 11.4. The average Bonchev–Trinajstić information content (AvgIpc) is 3.40. The van der Waals surface area contributed by atoms with E-state index in [1.54, 1.807) is 29.6 Å². The summed E-state index contributed by atoms with van der Waals surface area (Å²) >= 11 is 0. The number of furan rings is 1. The molecule has 2 heterocycles. The highest BCUT2D eigenvalue weighted by molar-refractivity contribution is 5.95. The number of hydrogen-bond donors (Lipinski definition) is 1. The zero-order valence-electron chi connectivity index (χ0n) is 20.8. The van der Waals surface area contributed by atoms with Crippen LogP contribution in [0.3, 0.4) is 0 Å². The predicted molar refractivity (Wildman–Crippen MR) is 138 cm³/mol. The van der Waals surface area contributed by atoms with Gasteiger partial charge in [-0.1, -0.05) is 0 Å². The molecular weight excluding hydrogens is 459 g/mol. The topological polar surface area (TPSA) is 83.0 Å². The highest BCUT2D eigenvalue weighted by atomic mass is 19.1. The zero-order valence-corrected chi connectivity index (χ0v) is 20.8. The number of primary amides is 1. The standard InChI is InChI=1S/C28H33FN4O3/c1-3-32(4-2)28(35)21-5-8-23(9-6-21)33(26-17-22(27(30)34)7-10-25(26)29)24-11-14-31(15-12-24)18-20-13-16-36-19-20/h5-10,13,16-17,19,24H,3-4,11-12,14-15,18H2,1-2H3,(H2,30,34). The van der Waals surface area contributed by atoms with Crippen LogP contribution in [-0.2, 0) is 6.54 Å². The summed E-state index contributed by atoms with van der Waals surface area (Å²) in [5.41, 5.74) is 8.54. The van der Waals surface area contributed by atoms with Crippen molar-refractivity contribution in [1.82, 2.24) is 9.80 Å². The molecule has 8 heteroatoms. The first kappa shape index (κ1) is 25.4. The third kappa shape index (κ3) is 5.60. The Balaban J connectivity index is 1.63. The van der Waals surface area contributed by atoms with Gasteiger partial charge < -0.3 is 20.0 Å². The molecule has 7 nitrogen and oxygen atoms in total. The highest BCUT2D eigenvalue weighted by Gasteiger charge is 2.28. The number of rotatable bonds is 9. The van der Waals surface area contributed by atoms with E-state index in [0.29, 0.717) is 24.3 Å². The van der Waals surface area contributed by atoms with Gasteiger partial charge in [0, 0.05) is 61.1 Å². The molecule has 1 saturated heterocycles. The Labute approximate surface area is 211 Å².